The number of rotatable bonds is 4. The first kappa shape index (κ1) is 13.7. The zero-order valence-corrected chi connectivity index (χ0v) is 11.8. The first-order valence-corrected chi connectivity index (χ1v) is 6.61. The zero-order valence-electron chi connectivity index (χ0n) is 11.8. The van der Waals surface area contributed by atoms with Crippen molar-refractivity contribution >= 4 is 6.02 Å². The van der Waals surface area contributed by atoms with Crippen molar-refractivity contribution in [1.82, 2.24) is 0 Å². The molecule has 2 N–H and O–H groups in total. The van der Waals surface area contributed by atoms with Crippen LogP contribution in [-0.4, -0.2) is 25.3 Å². The van der Waals surface area contributed by atoms with Crippen LogP contribution in [0, 0.1) is 5.41 Å². The van der Waals surface area contributed by atoms with Gasteiger partial charge in [-0.25, -0.2) is 4.99 Å². The maximum absolute atomic E-state index is 5.67. The van der Waals surface area contributed by atoms with Gasteiger partial charge in [0.15, 0.2) is 6.10 Å². The second-order valence-electron chi connectivity index (χ2n) is 6.11. The molecule has 0 aromatic heterocycles. The number of aliphatic imine (C=N–C) groups is 1. The maximum Gasteiger partial charge on any atom is 0.282 e. The van der Waals surface area contributed by atoms with E-state index in [1.54, 1.807) is 0 Å². The van der Waals surface area contributed by atoms with E-state index in [9.17, 15) is 0 Å². The smallest absolute Gasteiger partial charge is 0.282 e. The molecule has 1 aromatic carbocycles. The summed E-state index contributed by atoms with van der Waals surface area (Å²) in [5.74, 6) is 0.853. The highest BCUT2D eigenvalue weighted by Crippen LogP contribution is 2.22. The second-order valence-corrected chi connectivity index (χ2v) is 6.11. The summed E-state index contributed by atoms with van der Waals surface area (Å²) in [6.45, 7) is 7.76. The molecule has 4 nitrogen and oxygen atoms in total. The summed E-state index contributed by atoms with van der Waals surface area (Å²) in [7, 11) is 0. The van der Waals surface area contributed by atoms with Gasteiger partial charge in [-0.2, -0.15) is 0 Å². The topological polar surface area (TPSA) is 56.8 Å². The number of amidine groups is 1. The molecule has 0 unspecified atom stereocenters. The Hall–Kier alpha value is -1.71. The molecule has 0 saturated heterocycles. The molecule has 0 radical (unpaired) electrons. The SMILES string of the molecule is CC(C)(C)Cc1ccc(OC[C@@H]2CN=C(N)O2)cc1. The van der Waals surface area contributed by atoms with E-state index in [4.69, 9.17) is 15.2 Å². The van der Waals surface area contributed by atoms with Crippen LogP contribution in [-0.2, 0) is 11.2 Å². The lowest BCUT2D eigenvalue weighted by atomic mass is 9.88. The number of benzene rings is 1. The van der Waals surface area contributed by atoms with Crippen molar-refractivity contribution in [2.75, 3.05) is 13.2 Å². The van der Waals surface area contributed by atoms with E-state index < -0.39 is 0 Å². The first-order valence-electron chi connectivity index (χ1n) is 6.61. The Labute approximate surface area is 114 Å². The summed E-state index contributed by atoms with van der Waals surface area (Å²) in [4.78, 5) is 3.98. The van der Waals surface area contributed by atoms with Crippen LogP contribution >= 0.6 is 0 Å². The summed E-state index contributed by atoms with van der Waals surface area (Å²) in [5.41, 5.74) is 7.07. The molecule has 0 bridgehead atoms. The normalized spacial score (nSPS) is 18.9. The van der Waals surface area contributed by atoms with Gasteiger partial charge in [-0.1, -0.05) is 32.9 Å². The standard InChI is InChI=1S/C15H22N2O2/c1-15(2,3)8-11-4-6-12(7-5-11)18-10-13-9-17-14(16)19-13/h4-7,13H,8-10H2,1-3H3,(H2,16,17)/t13-/m0/s1. The molecule has 0 saturated carbocycles. The van der Waals surface area contributed by atoms with Gasteiger partial charge in [0.2, 0.25) is 0 Å². The molecule has 1 aromatic rings. The van der Waals surface area contributed by atoms with Gasteiger partial charge >= 0.3 is 0 Å². The van der Waals surface area contributed by atoms with Gasteiger partial charge < -0.3 is 15.2 Å². The summed E-state index contributed by atoms with van der Waals surface area (Å²) in [6, 6.07) is 8.48. The molecule has 1 aliphatic heterocycles. The van der Waals surface area contributed by atoms with E-state index in [1.165, 1.54) is 5.56 Å². The largest absolute Gasteiger partial charge is 0.490 e. The lowest BCUT2D eigenvalue weighted by molar-refractivity contribution is 0.141. The Balaban J connectivity index is 1.82. The predicted octanol–water partition coefficient (Wildman–Crippen LogP) is 2.37. The Morgan fingerprint density at radius 1 is 1.32 bits per heavy atom. The molecule has 0 aliphatic carbocycles. The Kier molecular flexibility index (Phi) is 3.98. The van der Waals surface area contributed by atoms with Gasteiger partial charge in [-0.05, 0) is 29.5 Å². The molecule has 0 spiro atoms. The monoisotopic (exact) mass is 262 g/mol. The highest BCUT2D eigenvalue weighted by atomic mass is 16.5. The lowest BCUT2D eigenvalue weighted by Gasteiger charge is -2.18. The third-order valence-electron chi connectivity index (χ3n) is 2.83. The molecular weight excluding hydrogens is 240 g/mol. The molecular formula is C15H22N2O2. The fourth-order valence-electron chi connectivity index (χ4n) is 2.03. The van der Waals surface area contributed by atoms with Gasteiger partial charge in [0.1, 0.15) is 12.4 Å². The van der Waals surface area contributed by atoms with E-state index >= 15 is 0 Å². The van der Waals surface area contributed by atoms with Crippen LogP contribution in [0.25, 0.3) is 0 Å². The maximum atomic E-state index is 5.67. The third kappa shape index (κ3) is 4.47. The number of hydrogen-bond acceptors (Lipinski definition) is 4. The quantitative estimate of drug-likeness (QED) is 0.906. The average Bonchev–Trinajstić information content (AvgIpc) is 2.72. The third-order valence-corrected chi connectivity index (χ3v) is 2.83. The molecule has 4 heteroatoms. The number of nitrogens with zero attached hydrogens (tertiary/aromatic N) is 1. The van der Waals surface area contributed by atoms with Crippen LogP contribution in [0.2, 0.25) is 0 Å². The van der Waals surface area contributed by atoms with Crippen molar-refractivity contribution < 1.29 is 9.47 Å². The fourth-order valence-corrected chi connectivity index (χ4v) is 2.03. The van der Waals surface area contributed by atoms with Crippen LogP contribution in [0.3, 0.4) is 0 Å². The van der Waals surface area contributed by atoms with Gasteiger partial charge in [0, 0.05) is 0 Å². The van der Waals surface area contributed by atoms with Crippen LogP contribution < -0.4 is 10.5 Å². The van der Waals surface area contributed by atoms with Crippen molar-refractivity contribution in [3.8, 4) is 5.75 Å². The Morgan fingerprint density at radius 2 is 2.00 bits per heavy atom. The summed E-state index contributed by atoms with van der Waals surface area (Å²) in [5, 5.41) is 0. The summed E-state index contributed by atoms with van der Waals surface area (Å²) in [6.07, 6.45) is 0.998. The summed E-state index contributed by atoms with van der Waals surface area (Å²) < 4.78 is 10.9. The van der Waals surface area contributed by atoms with Crippen LogP contribution in [0.4, 0.5) is 0 Å². The zero-order chi connectivity index (χ0) is 13.9. The van der Waals surface area contributed by atoms with E-state index in [2.05, 4.69) is 37.9 Å². The Bertz CT molecular complexity index is 446. The minimum Gasteiger partial charge on any atom is -0.490 e. The predicted molar refractivity (Wildman–Crippen MR) is 76.5 cm³/mol. The molecule has 2 rings (SSSR count). The molecule has 0 fully saturated rings. The van der Waals surface area contributed by atoms with Crippen molar-refractivity contribution in [2.45, 2.75) is 33.3 Å². The highest BCUT2D eigenvalue weighted by molar-refractivity contribution is 5.73. The van der Waals surface area contributed by atoms with E-state index in [0.717, 1.165) is 12.2 Å². The molecule has 0 amide bonds. The van der Waals surface area contributed by atoms with E-state index in [0.29, 0.717) is 18.6 Å². The van der Waals surface area contributed by atoms with E-state index in [-0.39, 0.29) is 12.1 Å². The molecule has 1 aliphatic rings. The average molecular weight is 262 g/mol. The highest BCUT2D eigenvalue weighted by Gasteiger charge is 2.18. The van der Waals surface area contributed by atoms with Crippen molar-refractivity contribution in [3.05, 3.63) is 29.8 Å². The molecule has 19 heavy (non-hydrogen) atoms. The van der Waals surface area contributed by atoms with Gasteiger partial charge in [-0.3, -0.25) is 0 Å². The van der Waals surface area contributed by atoms with Crippen LogP contribution in [0.5, 0.6) is 5.75 Å². The Morgan fingerprint density at radius 3 is 2.53 bits per heavy atom. The fraction of sp³-hybridized carbons (Fsp3) is 0.533. The van der Waals surface area contributed by atoms with Gasteiger partial charge in [0.25, 0.3) is 6.02 Å². The number of nitrogens with two attached hydrogens (primary N) is 1. The summed E-state index contributed by atoms with van der Waals surface area (Å²) >= 11 is 0. The molecule has 1 heterocycles. The molecule has 104 valence electrons. The first-order chi connectivity index (χ1) is 8.92. The van der Waals surface area contributed by atoms with Gasteiger partial charge in [-0.15, -0.1) is 0 Å². The van der Waals surface area contributed by atoms with Gasteiger partial charge in [0.05, 0.1) is 6.54 Å². The van der Waals surface area contributed by atoms with Crippen molar-refractivity contribution in [3.63, 3.8) is 0 Å². The van der Waals surface area contributed by atoms with Crippen LogP contribution in [0.1, 0.15) is 26.3 Å². The number of ether oxygens (including phenoxy) is 2. The van der Waals surface area contributed by atoms with Crippen molar-refractivity contribution in [2.24, 2.45) is 16.1 Å². The minimum atomic E-state index is -0.0609. The lowest BCUT2D eigenvalue weighted by Crippen LogP contribution is -2.24. The molecule has 1 atom stereocenters. The van der Waals surface area contributed by atoms with Crippen molar-refractivity contribution in [1.29, 1.82) is 0 Å². The number of hydrogen-bond donors (Lipinski definition) is 1. The minimum absolute atomic E-state index is 0.0609. The second kappa shape index (κ2) is 5.51. The van der Waals surface area contributed by atoms with Crippen LogP contribution in [0.15, 0.2) is 29.3 Å². The van der Waals surface area contributed by atoms with E-state index in [1.807, 2.05) is 12.1 Å².